The van der Waals surface area contributed by atoms with Crippen LogP contribution in [0, 0.1) is 0 Å². The zero-order valence-electron chi connectivity index (χ0n) is 24.3. The molecule has 0 amide bonds. The average Bonchev–Trinajstić information content (AvgIpc) is 3.01. The Hall–Kier alpha value is -3.35. The maximum absolute atomic E-state index is 13.7. The largest absolute Gasteiger partial charge is 0.490 e. The van der Waals surface area contributed by atoms with E-state index in [0.717, 1.165) is 76.8 Å². The van der Waals surface area contributed by atoms with Gasteiger partial charge >= 0.3 is 0 Å². The van der Waals surface area contributed by atoms with Crippen LogP contribution in [0.1, 0.15) is 68.1 Å². The molecule has 43 heavy (non-hydrogen) atoms. The molecule has 6 rings (SSSR count). The molecule has 0 aromatic heterocycles. The predicted molar refractivity (Wildman–Crippen MR) is 172 cm³/mol. The number of hydrogen-bond donors (Lipinski definition) is 0. The van der Waals surface area contributed by atoms with Crippen LogP contribution in [0.15, 0.2) is 93.7 Å². The number of halogens is 2. The summed E-state index contributed by atoms with van der Waals surface area (Å²) in [5.41, 5.74) is 6.66. The topological polar surface area (TPSA) is 55.8 Å². The minimum atomic E-state index is -0.462. The third-order valence-electron chi connectivity index (χ3n) is 8.51. The number of Topliss-reactive ketones (excluding diaryl/α,β-unsaturated/α-hetero) is 2. The molecular formula is C36H35BrClNO4. The molecule has 3 aliphatic rings. The SMILES string of the molecule is CCOc1cc(C2C3=C(CCCC3=O)N(CCc3ccccc3)C3=C2C(=O)CCC3)cc(Cl)c1OCc1ccc(Br)cc1. The van der Waals surface area contributed by atoms with Crippen molar-refractivity contribution in [1.29, 1.82) is 0 Å². The molecule has 1 heterocycles. The molecule has 0 spiro atoms. The van der Waals surface area contributed by atoms with Gasteiger partial charge in [0, 0.05) is 52.3 Å². The van der Waals surface area contributed by atoms with Crippen molar-refractivity contribution in [3.05, 3.63) is 115 Å². The standard InChI is InChI=1S/C36H35BrClNO4/c1-2-42-32-21-25(20-27(38)36(32)43-22-24-14-16-26(37)17-15-24)33-34-28(10-6-12-30(34)40)39(19-18-23-8-4-3-5-9-23)29-11-7-13-31(41)35(29)33/h3-5,8-9,14-17,20-21,33H,2,6-7,10-13,18-19,22H2,1H3. The fourth-order valence-electron chi connectivity index (χ4n) is 6.60. The van der Waals surface area contributed by atoms with Crippen LogP contribution in [0.2, 0.25) is 5.02 Å². The summed E-state index contributed by atoms with van der Waals surface area (Å²) in [6, 6.07) is 22.1. The van der Waals surface area contributed by atoms with E-state index in [2.05, 4.69) is 45.1 Å². The van der Waals surface area contributed by atoms with Crippen molar-refractivity contribution in [3.63, 3.8) is 0 Å². The summed E-state index contributed by atoms with van der Waals surface area (Å²) < 4.78 is 13.3. The third kappa shape index (κ3) is 6.18. The molecule has 3 aromatic carbocycles. The number of ether oxygens (including phenoxy) is 2. The fraction of sp³-hybridized carbons (Fsp3) is 0.333. The molecule has 5 nitrogen and oxygen atoms in total. The van der Waals surface area contributed by atoms with Gasteiger partial charge in [-0.1, -0.05) is 70.0 Å². The Morgan fingerprint density at radius 1 is 0.837 bits per heavy atom. The summed E-state index contributed by atoms with van der Waals surface area (Å²) in [7, 11) is 0. The first kappa shape index (κ1) is 29.7. The van der Waals surface area contributed by atoms with E-state index in [-0.39, 0.29) is 11.6 Å². The van der Waals surface area contributed by atoms with Crippen LogP contribution in [0.5, 0.6) is 11.5 Å². The normalized spacial score (nSPS) is 17.2. The number of hydrogen-bond acceptors (Lipinski definition) is 5. The number of carbonyl (C=O) groups is 2. The maximum atomic E-state index is 13.7. The highest BCUT2D eigenvalue weighted by atomic mass is 79.9. The molecule has 0 saturated carbocycles. The molecule has 2 aliphatic carbocycles. The van der Waals surface area contributed by atoms with Crippen molar-refractivity contribution in [2.24, 2.45) is 0 Å². The second-order valence-corrected chi connectivity index (χ2v) is 12.6. The van der Waals surface area contributed by atoms with E-state index in [1.165, 1.54) is 5.56 Å². The monoisotopic (exact) mass is 659 g/mol. The number of rotatable bonds is 9. The lowest BCUT2D eigenvalue weighted by atomic mass is 9.71. The smallest absolute Gasteiger partial charge is 0.180 e. The van der Waals surface area contributed by atoms with Gasteiger partial charge in [0.2, 0.25) is 0 Å². The van der Waals surface area contributed by atoms with E-state index in [1.54, 1.807) is 0 Å². The lowest BCUT2D eigenvalue weighted by Crippen LogP contribution is -2.40. The lowest BCUT2D eigenvalue weighted by molar-refractivity contribution is -0.117. The van der Waals surface area contributed by atoms with Gasteiger partial charge in [0.25, 0.3) is 0 Å². The van der Waals surface area contributed by atoms with Gasteiger partial charge < -0.3 is 14.4 Å². The second kappa shape index (κ2) is 13.1. The molecule has 0 saturated heterocycles. The molecule has 7 heteroatoms. The minimum Gasteiger partial charge on any atom is -0.490 e. The van der Waals surface area contributed by atoms with Crippen molar-refractivity contribution < 1.29 is 19.1 Å². The Kier molecular flexibility index (Phi) is 9.06. The van der Waals surface area contributed by atoms with E-state index in [0.29, 0.717) is 42.6 Å². The zero-order chi connectivity index (χ0) is 29.9. The predicted octanol–water partition coefficient (Wildman–Crippen LogP) is 8.74. The van der Waals surface area contributed by atoms with Gasteiger partial charge in [-0.25, -0.2) is 0 Å². The molecule has 1 aliphatic heterocycles. The summed E-state index contributed by atoms with van der Waals surface area (Å²) >= 11 is 10.4. The molecule has 0 fully saturated rings. The molecule has 0 radical (unpaired) electrons. The highest BCUT2D eigenvalue weighted by Gasteiger charge is 2.43. The van der Waals surface area contributed by atoms with Crippen LogP contribution in [0.4, 0.5) is 0 Å². The first-order valence-electron chi connectivity index (χ1n) is 15.1. The van der Waals surface area contributed by atoms with E-state index in [1.807, 2.05) is 49.4 Å². The zero-order valence-corrected chi connectivity index (χ0v) is 26.7. The Morgan fingerprint density at radius 2 is 1.49 bits per heavy atom. The molecule has 0 atom stereocenters. The van der Waals surface area contributed by atoms with Gasteiger partial charge in [-0.05, 0) is 80.0 Å². The Bertz CT molecular complexity index is 1550. The second-order valence-electron chi connectivity index (χ2n) is 11.3. The summed E-state index contributed by atoms with van der Waals surface area (Å²) in [6.07, 6.45) is 5.08. The van der Waals surface area contributed by atoms with E-state index in [9.17, 15) is 9.59 Å². The summed E-state index contributed by atoms with van der Waals surface area (Å²) in [4.78, 5) is 29.8. The lowest BCUT2D eigenvalue weighted by Gasteiger charge is -2.44. The Morgan fingerprint density at radius 3 is 2.12 bits per heavy atom. The minimum absolute atomic E-state index is 0.116. The van der Waals surface area contributed by atoms with Crippen LogP contribution in [0.25, 0.3) is 0 Å². The third-order valence-corrected chi connectivity index (χ3v) is 9.32. The first-order valence-corrected chi connectivity index (χ1v) is 16.3. The average molecular weight is 661 g/mol. The summed E-state index contributed by atoms with van der Waals surface area (Å²) in [5.74, 6) is 0.750. The summed E-state index contributed by atoms with van der Waals surface area (Å²) in [6.45, 7) is 3.41. The van der Waals surface area contributed by atoms with Gasteiger partial charge in [0.15, 0.2) is 23.1 Å². The van der Waals surface area contributed by atoms with Gasteiger partial charge in [-0.2, -0.15) is 0 Å². The summed E-state index contributed by atoms with van der Waals surface area (Å²) in [5, 5.41) is 0.403. The number of benzene rings is 3. The van der Waals surface area contributed by atoms with Crippen molar-refractivity contribution in [3.8, 4) is 11.5 Å². The highest BCUT2D eigenvalue weighted by Crippen LogP contribution is 2.51. The fourth-order valence-corrected chi connectivity index (χ4v) is 7.14. The van der Waals surface area contributed by atoms with Crippen molar-refractivity contribution in [1.82, 2.24) is 4.90 Å². The van der Waals surface area contributed by atoms with E-state index < -0.39 is 5.92 Å². The molecule has 0 unspecified atom stereocenters. The van der Waals surface area contributed by atoms with Crippen molar-refractivity contribution in [2.45, 2.75) is 64.4 Å². The van der Waals surface area contributed by atoms with Crippen molar-refractivity contribution in [2.75, 3.05) is 13.2 Å². The van der Waals surface area contributed by atoms with Gasteiger partial charge in [0.1, 0.15) is 6.61 Å². The van der Waals surface area contributed by atoms with Crippen molar-refractivity contribution >= 4 is 39.1 Å². The Labute approximate surface area is 266 Å². The van der Waals surface area contributed by atoms with Gasteiger partial charge in [0.05, 0.1) is 11.6 Å². The number of carbonyl (C=O) groups excluding carboxylic acids is 2. The van der Waals surface area contributed by atoms with Crippen LogP contribution in [-0.2, 0) is 22.6 Å². The maximum Gasteiger partial charge on any atom is 0.180 e. The number of nitrogens with zero attached hydrogens (tertiary/aromatic N) is 1. The van der Waals surface area contributed by atoms with E-state index in [4.69, 9.17) is 21.1 Å². The molecule has 222 valence electrons. The first-order chi connectivity index (χ1) is 20.9. The van der Waals surface area contributed by atoms with Gasteiger partial charge in [-0.3, -0.25) is 9.59 Å². The molecular weight excluding hydrogens is 626 g/mol. The van der Waals surface area contributed by atoms with Crippen LogP contribution >= 0.6 is 27.5 Å². The molecule has 3 aromatic rings. The Balaban J connectivity index is 1.41. The molecule has 0 bridgehead atoms. The van der Waals surface area contributed by atoms with Crippen LogP contribution < -0.4 is 9.47 Å². The number of allylic oxidation sites excluding steroid dienone is 4. The number of ketones is 2. The van der Waals surface area contributed by atoms with Gasteiger partial charge in [-0.15, -0.1) is 0 Å². The van der Waals surface area contributed by atoms with Crippen LogP contribution in [0.3, 0.4) is 0 Å². The highest BCUT2D eigenvalue weighted by molar-refractivity contribution is 9.10. The quantitative estimate of drug-likeness (QED) is 0.230. The van der Waals surface area contributed by atoms with Crippen LogP contribution in [-0.4, -0.2) is 29.6 Å². The molecule has 0 N–H and O–H groups in total. The van der Waals surface area contributed by atoms with E-state index >= 15 is 0 Å².